The number of furan rings is 1. The number of hydrogen-bond donors (Lipinski definition) is 0. The second kappa shape index (κ2) is 20.0. The van der Waals surface area contributed by atoms with Crippen LogP contribution in [0, 0.1) is 0 Å². The summed E-state index contributed by atoms with van der Waals surface area (Å²) in [5, 5.41) is 2.07. The molecule has 20 rings (SSSR count). The number of anilines is 3. The third kappa shape index (κ3) is 7.57. The summed E-state index contributed by atoms with van der Waals surface area (Å²) in [6.07, 6.45) is 0. The van der Waals surface area contributed by atoms with Gasteiger partial charge in [-0.3, -0.25) is 0 Å². The molecule has 4 heterocycles. The molecule has 16 aromatic rings. The normalized spacial score (nSPS) is 14.9. The van der Waals surface area contributed by atoms with E-state index in [0.29, 0.717) is 5.69 Å². The van der Waals surface area contributed by atoms with Gasteiger partial charge in [-0.05, 0) is 22.3 Å². The molecule has 0 atom stereocenters. The fourth-order valence-corrected chi connectivity index (χ4v) is 19.2. The molecule has 2 aliphatic carbocycles. The van der Waals surface area contributed by atoms with Gasteiger partial charge in [0.25, 0.3) is 0 Å². The first-order valence-electron chi connectivity index (χ1n) is 36.2. The molecule has 0 saturated carbocycles. The van der Waals surface area contributed by atoms with Crippen LogP contribution in [-0.2, 0) is 10.8 Å². The van der Waals surface area contributed by atoms with E-state index >= 15 is 0 Å². The minimum atomic E-state index is -0.533. The van der Waals surface area contributed by atoms with Crippen LogP contribution < -0.4 is 30.2 Å². The van der Waals surface area contributed by atoms with E-state index in [1.165, 1.54) is 44.5 Å². The van der Waals surface area contributed by atoms with Crippen LogP contribution in [0.5, 0.6) is 0 Å². The zero-order valence-corrected chi connectivity index (χ0v) is 53.3. The standard InChI is InChI=1S/C89H59BN2OSe/c1-88(2,3)60-50-67(55-25-9-5-10-26-55)86(68(51-60)56-27-11-6-12-28-56)92-79-49-59(58-39-42-74-69(47-58)64-31-15-20-36-73(64)89(74)71-34-18-13-29-62(71)63-30-14-19-35-72(63)89)40-43-75(79)90-76-44-46-82-84(70-48-57(41-45-81(70)93-82)54-23-7-4-8-24-54)87(76)94-83-53-61(52-80(92)85(83)90)91-77-37-21-16-32-65(77)66-33-17-22-38-78(66)91/h4-53H,1-3H3/i16D,17D,21D,22D,32D,33D,37D,38D. The molecule has 440 valence electrons. The van der Waals surface area contributed by atoms with Crippen molar-refractivity contribution in [1.29, 1.82) is 0 Å². The van der Waals surface area contributed by atoms with Crippen molar-refractivity contribution in [2.75, 3.05) is 4.90 Å². The fourth-order valence-electron chi connectivity index (χ4n) is 16.3. The summed E-state index contributed by atoms with van der Waals surface area (Å²) >= 11 is -0.509. The first-order chi connectivity index (χ1) is 49.6. The topological polar surface area (TPSA) is 21.3 Å². The molecule has 0 amide bonds. The van der Waals surface area contributed by atoms with E-state index in [1.807, 2.05) is 6.07 Å². The van der Waals surface area contributed by atoms with Gasteiger partial charge in [-0.2, -0.15) is 0 Å². The zero-order chi connectivity index (χ0) is 69.1. The average molecular weight is 1270 g/mol. The molecule has 3 nitrogen and oxygen atoms in total. The SMILES string of the molecule is [2H]c1c([2H])c([2H])c2c(c1[2H])c1c([2H])c([2H])c([2H])c([2H])c1n2-c1cc2c3c(c1)N(c1c(-c4ccccc4)cc(C(C)(C)C)cc1-c1ccccc1)c1cc(-c4ccc5c(c4)-c4ccccc4C54c5ccccc5-c5ccccc54)ccc1B3c1ccc3oc4ccc(-c5ccccc5)cc4c3c1[Se]2. The molecule has 0 radical (unpaired) electrons. The van der Waals surface area contributed by atoms with E-state index in [2.05, 4.69) is 274 Å². The van der Waals surface area contributed by atoms with Crippen LogP contribution in [0.25, 0.3) is 116 Å². The van der Waals surface area contributed by atoms with Crippen molar-refractivity contribution < 1.29 is 15.4 Å². The summed E-state index contributed by atoms with van der Waals surface area (Å²) in [6, 6.07) is 89.0. The van der Waals surface area contributed by atoms with Crippen molar-refractivity contribution in [3.8, 4) is 72.4 Å². The molecule has 4 aliphatic rings. The van der Waals surface area contributed by atoms with E-state index in [-0.39, 0.29) is 58.1 Å². The molecule has 14 aromatic carbocycles. The molecule has 5 heteroatoms. The molecule has 0 bridgehead atoms. The van der Waals surface area contributed by atoms with Gasteiger partial charge in [0.2, 0.25) is 0 Å². The average Bonchev–Trinajstić information content (AvgIpc) is 1.45. The summed E-state index contributed by atoms with van der Waals surface area (Å²) in [5.41, 5.74) is 26.6. The molecule has 1 spiro atoms. The monoisotopic (exact) mass is 1270 g/mol. The summed E-state index contributed by atoms with van der Waals surface area (Å²) in [5.74, 6) is 0. The van der Waals surface area contributed by atoms with Crippen LogP contribution in [0.3, 0.4) is 0 Å². The first-order valence-corrected chi connectivity index (χ1v) is 33.9. The molecule has 0 saturated heterocycles. The molecule has 0 unspecified atom stereocenters. The maximum absolute atomic E-state index is 9.90. The second-order valence-corrected chi connectivity index (χ2v) is 28.6. The first kappa shape index (κ1) is 46.2. The third-order valence-electron chi connectivity index (χ3n) is 20.5. The van der Waals surface area contributed by atoms with Gasteiger partial charge in [-0.15, -0.1) is 0 Å². The number of rotatable bonds is 6. The molecular weight excluding hydrogens is 1200 g/mol. The summed E-state index contributed by atoms with van der Waals surface area (Å²) < 4.78 is 86.6. The number of aromatic nitrogens is 1. The zero-order valence-electron chi connectivity index (χ0n) is 59.5. The number of nitrogens with zero attached hydrogens (tertiary/aromatic N) is 2. The summed E-state index contributed by atoms with van der Waals surface area (Å²) in [7, 11) is 0. The Bertz CT molecular complexity index is 6220. The Morgan fingerprint density at radius 3 is 1.55 bits per heavy atom. The Morgan fingerprint density at radius 2 is 0.926 bits per heavy atom. The van der Waals surface area contributed by atoms with Gasteiger partial charge in [0, 0.05) is 0 Å². The number of hydrogen-bond acceptors (Lipinski definition) is 2. The van der Waals surface area contributed by atoms with Crippen LogP contribution in [0.1, 0.15) is 59.6 Å². The van der Waals surface area contributed by atoms with Crippen LogP contribution in [-0.4, -0.2) is 26.2 Å². The Kier molecular flexibility index (Phi) is 9.84. The van der Waals surface area contributed by atoms with Crippen LogP contribution in [0.4, 0.5) is 17.1 Å². The van der Waals surface area contributed by atoms with Gasteiger partial charge >= 0.3 is 479 Å². The van der Waals surface area contributed by atoms with E-state index in [4.69, 9.17) is 7.16 Å². The predicted molar refractivity (Wildman–Crippen MR) is 396 cm³/mol. The number of benzene rings is 14. The van der Waals surface area contributed by atoms with Crippen molar-refractivity contribution >= 4 is 108 Å². The van der Waals surface area contributed by atoms with Gasteiger partial charge in [0.05, 0.1) is 0 Å². The maximum atomic E-state index is 9.90. The van der Waals surface area contributed by atoms with E-state index in [0.717, 1.165) is 114 Å². The van der Waals surface area contributed by atoms with Gasteiger partial charge in [-0.25, -0.2) is 0 Å². The molecular formula is C89H59BN2OSe. The van der Waals surface area contributed by atoms with Gasteiger partial charge in [-0.1, -0.05) is 66.7 Å². The predicted octanol–water partition coefficient (Wildman–Crippen LogP) is 19.3. The van der Waals surface area contributed by atoms with Gasteiger partial charge in [0.1, 0.15) is 0 Å². The van der Waals surface area contributed by atoms with Crippen LogP contribution >= 0.6 is 0 Å². The van der Waals surface area contributed by atoms with E-state index in [1.54, 1.807) is 4.57 Å². The quantitative estimate of drug-likeness (QED) is 0.155. The van der Waals surface area contributed by atoms with Crippen LogP contribution in [0.2, 0.25) is 0 Å². The Hall–Kier alpha value is -10.9. The third-order valence-corrected chi connectivity index (χ3v) is 23.0. The van der Waals surface area contributed by atoms with Crippen molar-refractivity contribution in [2.24, 2.45) is 0 Å². The minimum absolute atomic E-state index is 0.0236. The number of para-hydroxylation sites is 2. The van der Waals surface area contributed by atoms with Crippen molar-refractivity contribution in [1.82, 2.24) is 4.57 Å². The molecule has 2 aromatic heterocycles. The van der Waals surface area contributed by atoms with Crippen LogP contribution in [0.15, 0.2) is 308 Å². The fraction of sp³-hybridized carbons (Fsp3) is 0.0562. The number of fused-ring (bicyclic) bond motifs is 21. The van der Waals surface area contributed by atoms with Crippen molar-refractivity contribution in [3.05, 3.63) is 331 Å². The molecule has 94 heavy (non-hydrogen) atoms. The molecule has 2 aliphatic heterocycles. The Balaban J connectivity index is 0.932. The van der Waals surface area contributed by atoms with Gasteiger partial charge in [0.15, 0.2) is 0 Å². The van der Waals surface area contributed by atoms with Gasteiger partial charge < -0.3 is 0 Å². The Morgan fingerprint density at radius 1 is 0.415 bits per heavy atom. The summed E-state index contributed by atoms with van der Waals surface area (Å²) in [6.45, 7) is 6.41. The molecule has 0 N–H and O–H groups in total. The van der Waals surface area contributed by atoms with Crippen molar-refractivity contribution in [3.63, 3.8) is 0 Å². The van der Waals surface area contributed by atoms with E-state index in [9.17, 15) is 8.22 Å². The van der Waals surface area contributed by atoms with E-state index < -0.39 is 44.5 Å². The molecule has 0 fully saturated rings. The Labute approximate surface area is 564 Å². The second-order valence-electron chi connectivity index (χ2n) is 26.4. The summed E-state index contributed by atoms with van der Waals surface area (Å²) in [4.78, 5) is 2.47. The van der Waals surface area contributed by atoms with Crippen molar-refractivity contribution in [2.45, 2.75) is 31.6 Å².